The van der Waals surface area contributed by atoms with Crippen molar-refractivity contribution in [2.24, 2.45) is 4.99 Å². The van der Waals surface area contributed by atoms with Crippen molar-refractivity contribution in [3.63, 3.8) is 0 Å². The van der Waals surface area contributed by atoms with Gasteiger partial charge < -0.3 is 0 Å². The fraction of sp³-hybridized carbons (Fsp3) is 0.0444. The van der Waals surface area contributed by atoms with Crippen molar-refractivity contribution in [1.29, 1.82) is 10.8 Å². The molecule has 4 heteroatoms. The molecule has 0 aromatic heterocycles. The van der Waals surface area contributed by atoms with Crippen LogP contribution in [0.25, 0.3) is 38.4 Å². The fourth-order valence-corrected chi connectivity index (χ4v) is 6.92. The number of thioether (sulfide) groups is 1. The summed E-state index contributed by atoms with van der Waals surface area (Å²) in [5.74, 6) is 0. The van der Waals surface area contributed by atoms with Crippen molar-refractivity contribution in [3.05, 3.63) is 198 Å². The molecule has 0 unspecified atom stereocenters. The molecule has 236 valence electrons. The highest BCUT2D eigenvalue weighted by Crippen LogP contribution is 2.35. The molecule has 0 atom stereocenters. The molecule has 0 aliphatic carbocycles. The number of fused-ring (bicyclic) bond motifs is 3. The van der Waals surface area contributed by atoms with Crippen LogP contribution in [0.15, 0.2) is 175 Å². The second-order valence-electron chi connectivity index (χ2n) is 11.9. The lowest BCUT2D eigenvalue weighted by atomic mass is 9.93. The summed E-state index contributed by atoms with van der Waals surface area (Å²) in [5.41, 5.74) is 8.76. The van der Waals surface area contributed by atoms with Crippen molar-refractivity contribution < 1.29 is 0 Å². The molecule has 7 rings (SSSR count). The third-order valence-corrected chi connectivity index (χ3v) is 9.60. The maximum absolute atomic E-state index is 9.05. The molecule has 7 aromatic carbocycles. The van der Waals surface area contributed by atoms with E-state index in [0.29, 0.717) is 16.5 Å². The predicted molar refractivity (Wildman–Crippen MR) is 211 cm³/mol. The lowest BCUT2D eigenvalue weighted by molar-refractivity contribution is 1.26. The van der Waals surface area contributed by atoms with Gasteiger partial charge in [-0.2, -0.15) is 0 Å². The minimum absolute atomic E-state index is 0.315. The average Bonchev–Trinajstić information content (AvgIpc) is 3.17. The molecule has 0 saturated carbocycles. The Kier molecular flexibility index (Phi) is 9.40. The number of allylic oxidation sites excluding steroid dienone is 1. The van der Waals surface area contributed by atoms with E-state index < -0.39 is 0 Å². The summed E-state index contributed by atoms with van der Waals surface area (Å²) >= 11 is 1.16. The molecule has 0 fully saturated rings. The third-order valence-electron chi connectivity index (χ3n) is 8.73. The molecule has 0 aliphatic heterocycles. The standard InChI is InChI=1S/C45H35N3S/c1-31(33-14-4-2-5-15-33)48-43(40-22-12-13-23-41(40)45(47)49-44(46)35-16-6-3-7-17-35)29-26-32-24-27-34(28-25-32)42-30-36-18-8-9-19-37(36)38-20-10-11-21-39(38)42/h2-25,27-30,46-47H,26H2,1H3/b43-29-,46-44?,47-45?,48-31?. The molecule has 0 bridgehead atoms. The molecule has 2 N–H and O–H groups in total. The minimum Gasteiger partial charge on any atom is -0.293 e. The molecule has 0 aliphatic rings. The Morgan fingerprint density at radius 2 is 1.14 bits per heavy atom. The second-order valence-corrected chi connectivity index (χ2v) is 12.9. The maximum atomic E-state index is 9.05. The Morgan fingerprint density at radius 1 is 0.571 bits per heavy atom. The average molecular weight is 650 g/mol. The summed E-state index contributed by atoms with van der Waals surface area (Å²) in [6, 6.07) is 56.0. The Labute approximate surface area is 291 Å². The molecular formula is C45H35N3S. The third kappa shape index (κ3) is 7.06. The molecule has 49 heavy (non-hydrogen) atoms. The topological polar surface area (TPSA) is 60.1 Å². The van der Waals surface area contributed by atoms with Crippen LogP contribution < -0.4 is 0 Å². The number of aliphatic imine (C=N–C) groups is 1. The van der Waals surface area contributed by atoms with E-state index in [1.165, 1.54) is 38.2 Å². The first kappa shape index (κ1) is 31.7. The first-order chi connectivity index (χ1) is 24.0. The van der Waals surface area contributed by atoms with Crippen molar-refractivity contribution in [2.45, 2.75) is 13.3 Å². The SMILES string of the molecule is CC(=N/C(=C\Cc1ccc(-c2cc3ccccc3c3ccccc23)cc1)c1ccccc1C(=N)SC(=N)c1ccccc1)c1ccccc1. The number of nitrogens with zero attached hydrogens (tertiary/aromatic N) is 1. The number of rotatable bonds is 8. The zero-order chi connectivity index (χ0) is 33.6. The number of benzene rings is 7. The van der Waals surface area contributed by atoms with E-state index in [1.807, 2.05) is 79.7 Å². The molecule has 3 nitrogen and oxygen atoms in total. The van der Waals surface area contributed by atoms with Gasteiger partial charge in [0, 0.05) is 22.4 Å². The molecule has 0 spiro atoms. The van der Waals surface area contributed by atoms with E-state index in [9.17, 15) is 0 Å². The van der Waals surface area contributed by atoms with Crippen molar-refractivity contribution in [1.82, 2.24) is 0 Å². The zero-order valence-corrected chi connectivity index (χ0v) is 28.0. The Hall–Kier alpha value is -5.84. The quantitative estimate of drug-likeness (QED) is 0.0960. The number of hydrogen-bond donors (Lipinski definition) is 2. The van der Waals surface area contributed by atoms with Crippen LogP contribution in [0.1, 0.15) is 34.7 Å². The summed E-state index contributed by atoms with van der Waals surface area (Å²) < 4.78 is 0. The van der Waals surface area contributed by atoms with Gasteiger partial charge in [-0.25, -0.2) is 0 Å². The molecule has 0 amide bonds. The Bertz CT molecular complexity index is 2360. The smallest absolute Gasteiger partial charge is 0.101 e. The number of nitrogens with one attached hydrogen (secondary N) is 2. The van der Waals surface area contributed by atoms with Gasteiger partial charge in [0.2, 0.25) is 0 Å². The first-order valence-corrected chi connectivity index (χ1v) is 17.2. The first-order valence-electron chi connectivity index (χ1n) is 16.4. The summed E-state index contributed by atoms with van der Waals surface area (Å²) in [6.07, 6.45) is 2.83. The van der Waals surface area contributed by atoms with Gasteiger partial charge in [-0.05, 0) is 63.2 Å². The van der Waals surface area contributed by atoms with Crippen LogP contribution in [0.2, 0.25) is 0 Å². The van der Waals surface area contributed by atoms with Crippen LogP contribution in [-0.2, 0) is 6.42 Å². The molecular weight excluding hydrogens is 615 g/mol. The summed E-state index contributed by atoms with van der Waals surface area (Å²) in [7, 11) is 0. The summed E-state index contributed by atoms with van der Waals surface area (Å²) in [4.78, 5) is 5.16. The van der Waals surface area contributed by atoms with Gasteiger partial charge in [0.25, 0.3) is 0 Å². The van der Waals surface area contributed by atoms with Crippen LogP contribution in [0.3, 0.4) is 0 Å². The van der Waals surface area contributed by atoms with Gasteiger partial charge in [-0.1, -0.05) is 176 Å². The van der Waals surface area contributed by atoms with Gasteiger partial charge in [0.05, 0.1) is 5.70 Å². The van der Waals surface area contributed by atoms with Crippen LogP contribution in [0, 0.1) is 10.8 Å². The number of hydrogen-bond acceptors (Lipinski definition) is 4. The maximum Gasteiger partial charge on any atom is 0.101 e. The van der Waals surface area contributed by atoms with E-state index in [1.54, 1.807) is 0 Å². The van der Waals surface area contributed by atoms with Crippen molar-refractivity contribution in [2.75, 3.05) is 0 Å². The minimum atomic E-state index is 0.315. The van der Waals surface area contributed by atoms with Crippen LogP contribution >= 0.6 is 11.8 Å². The second kappa shape index (κ2) is 14.5. The van der Waals surface area contributed by atoms with Crippen molar-refractivity contribution in [3.8, 4) is 11.1 Å². The monoisotopic (exact) mass is 649 g/mol. The van der Waals surface area contributed by atoms with Gasteiger partial charge in [-0.3, -0.25) is 15.8 Å². The molecule has 0 heterocycles. The predicted octanol–water partition coefficient (Wildman–Crippen LogP) is 11.8. The highest BCUT2D eigenvalue weighted by Gasteiger charge is 2.15. The molecule has 0 saturated heterocycles. The largest absolute Gasteiger partial charge is 0.293 e. The van der Waals surface area contributed by atoms with Crippen LogP contribution in [-0.4, -0.2) is 15.8 Å². The fourth-order valence-electron chi connectivity index (χ4n) is 6.18. The van der Waals surface area contributed by atoms with E-state index in [2.05, 4.69) is 97.1 Å². The van der Waals surface area contributed by atoms with Gasteiger partial charge in [0.15, 0.2) is 0 Å². The van der Waals surface area contributed by atoms with E-state index in [4.69, 9.17) is 15.8 Å². The van der Waals surface area contributed by atoms with E-state index >= 15 is 0 Å². The van der Waals surface area contributed by atoms with Gasteiger partial charge in [-0.15, -0.1) is 0 Å². The molecule has 7 aromatic rings. The zero-order valence-electron chi connectivity index (χ0n) is 27.2. The summed E-state index contributed by atoms with van der Waals surface area (Å²) in [5, 5.41) is 23.4. The lowest BCUT2D eigenvalue weighted by Crippen LogP contribution is -2.05. The van der Waals surface area contributed by atoms with Gasteiger partial charge >= 0.3 is 0 Å². The van der Waals surface area contributed by atoms with Crippen LogP contribution in [0.5, 0.6) is 0 Å². The Morgan fingerprint density at radius 3 is 1.86 bits per heavy atom. The lowest BCUT2D eigenvalue weighted by Gasteiger charge is -2.13. The highest BCUT2D eigenvalue weighted by atomic mass is 32.2. The van der Waals surface area contributed by atoms with Gasteiger partial charge in [0.1, 0.15) is 10.1 Å². The van der Waals surface area contributed by atoms with E-state index in [-0.39, 0.29) is 0 Å². The normalized spacial score (nSPS) is 11.9. The highest BCUT2D eigenvalue weighted by molar-refractivity contribution is 8.27. The van der Waals surface area contributed by atoms with Crippen LogP contribution in [0.4, 0.5) is 0 Å². The van der Waals surface area contributed by atoms with E-state index in [0.717, 1.165) is 45.4 Å². The molecule has 0 radical (unpaired) electrons. The summed E-state index contributed by atoms with van der Waals surface area (Å²) in [6.45, 7) is 2.03. The van der Waals surface area contributed by atoms with Crippen molar-refractivity contribution >= 4 is 54.8 Å². The Balaban J connectivity index is 1.23.